The van der Waals surface area contributed by atoms with E-state index >= 15 is 0 Å². The topological polar surface area (TPSA) is 119 Å². The minimum atomic E-state index is -3.89. The maximum Gasteiger partial charge on any atom is 0.271 e. The average molecular weight is 436 g/mol. The van der Waals surface area contributed by atoms with Crippen LogP contribution in [0.2, 0.25) is 0 Å². The minimum absolute atomic E-state index is 0.0609. The summed E-state index contributed by atoms with van der Waals surface area (Å²) in [4.78, 5) is 23.5. The van der Waals surface area contributed by atoms with Crippen LogP contribution in [0.25, 0.3) is 0 Å². The molecule has 0 radical (unpaired) electrons. The number of nitro benzene ring substituents is 1. The van der Waals surface area contributed by atoms with E-state index in [0.29, 0.717) is 5.75 Å². The van der Waals surface area contributed by atoms with Gasteiger partial charge in [-0.3, -0.25) is 19.2 Å². The maximum absolute atomic E-state index is 13.0. The molecule has 1 N–H and O–H groups in total. The van der Waals surface area contributed by atoms with Crippen molar-refractivity contribution in [3.8, 4) is 5.75 Å². The summed E-state index contributed by atoms with van der Waals surface area (Å²) < 4.78 is 31.1. The number of ether oxygens (including phenoxy) is 1. The molecule has 2 atom stereocenters. The van der Waals surface area contributed by atoms with E-state index in [0.717, 1.165) is 22.2 Å². The van der Waals surface area contributed by atoms with Gasteiger partial charge < -0.3 is 10.1 Å². The molecule has 9 nitrogen and oxygen atoms in total. The summed E-state index contributed by atoms with van der Waals surface area (Å²) in [5, 5.41) is 13.9. The SMILES string of the molecule is CC[C@@H](C(=O)N[C@H](C)c1ccc(OC)cc1)N(c1cccc([N+](=O)[O-])c1)S(C)(=O)=O. The second-order valence-corrected chi connectivity index (χ2v) is 8.62. The fourth-order valence-electron chi connectivity index (χ4n) is 3.09. The molecule has 0 bridgehead atoms. The summed E-state index contributed by atoms with van der Waals surface area (Å²) in [5.41, 5.74) is 0.620. The Bertz CT molecular complexity index is 1010. The number of methoxy groups -OCH3 is 1. The van der Waals surface area contributed by atoms with Gasteiger partial charge in [0.25, 0.3) is 5.69 Å². The normalized spacial score (nSPS) is 13.2. The summed E-state index contributed by atoms with van der Waals surface area (Å²) >= 11 is 0. The molecule has 0 unspecified atom stereocenters. The third-order valence-electron chi connectivity index (χ3n) is 4.60. The van der Waals surface area contributed by atoms with Crippen molar-refractivity contribution < 1.29 is 22.9 Å². The summed E-state index contributed by atoms with van der Waals surface area (Å²) in [7, 11) is -2.34. The molecule has 0 fully saturated rings. The molecule has 30 heavy (non-hydrogen) atoms. The van der Waals surface area contributed by atoms with Gasteiger partial charge in [0.2, 0.25) is 15.9 Å². The molecule has 1 amide bonds. The zero-order valence-electron chi connectivity index (χ0n) is 17.2. The Morgan fingerprint density at radius 2 is 1.87 bits per heavy atom. The van der Waals surface area contributed by atoms with Crippen LogP contribution in [0.3, 0.4) is 0 Å². The first-order valence-electron chi connectivity index (χ1n) is 9.26. The van der Waals surface area contributed by atoms with Crippen LogP contribution in [-0.2, 0) is 14.8 Å². The standard InChI is InChI=1S/C20H25N3O6S/c1-5-19(20(24)21-14(2)15-9-11-18(29-3)12-10-15)22(30(4,27)28)16-7-6-8-17(13-16)23(25)26/h6-14,19H,5H2,1-4H3,(H,21,24)/t14-,19+/m1/s1. The van der Waals surface area contributed by atoms with Gasteiger partial charge in [0.1, 0.15) is 11.8 Å². The number of rotatable bonds is 9. The largest absolute Gasteiger partial charge is 0.497 e. The Labute approximate surface area is 175 Å². The number of carbonyl (C=O) groups is 1. The lowest BCUT2D eigenvalue weighted by atomic mass is 10.1. The predicted molar refractivity (Wildman–Crippen MR) is 114 cm³/mol. The van der Waals surface area contributed by atoms with Crippen molar-refractivity contribution in [2.24, 2.45) is 0 Å². The third-order valence-corrected chi connectivity index (χ3v) is 5.78. The molecular weight excluding hydrogens is 410 g/mol. The van der Waals surface area contributed by atoms with E-state index in [2.05, 4.69) is 5.32 Å². The molecular formula is C20H25N3O6S. The maximum atomic E-state index is 13.0. The van der Waals surface area contributed by atoms with Gasteiger partial charge in [0, 0.05) is 12.1 Å². The van der Waals surface area contributed by atoms with Crippen molar-refractivity contribution >= 4 is 27.3 Å². The van der Waals surface area contributed by atoms with Crippen molar-refractivity contribution in [3.63, 3.8) is 0 Å². The number of nitro groups is 1. The number of non-ortho nitro benzene ring substituents is 1. The lowest BCUT2D eigenvalue weighted by Crippen LogP contribution is -2.49. The molecule has 0 spiro atoms. The predicted octanol–water partition coefficient (Wildman–Crippen LogP) is 3.03. The molecule has 0 aliphatic rings. The van der Waals surface area contributed by atoms with Crippen molar-refractivity contribution in [3.05, 3.63) is 64.2 Å². The van der Waals surface area contributed by atoms with Crippen LogP contribution in [0, 0.1) is 10.1 Å². The van der Waals surface area contributed by atoms with Gasteiger partial charge in [-0.25, -0.2) is 8.42 Å². The molecule has 0 aromatic heterocycles. The molecule has 2 aromatic rings. The second-order valence-electron chi connectivity index (χ2n) is 6.76. The number of hydrogen-bond acceptors (Lipinski definition) is 6. The van der Waals surface area contributed by atoms with Crippen LogP contribution in [0.1, 0.15) is 31.9 Å². The van der Waals surface area contributed by atoms with Gasteiger partial charge in [-0.2, -0.15) is 0 Å². The Balaban J connectivity index is 2.33. The van der Waals surface area contributed by atoms with Crippen LogP contribution in [0.15, 0.2) is 48.5 Å². The molecule has 10 heteroatoms. The zero-order valence-corrected chi connectivity index (χ0v) is 18.0. The highest BCUT2D eigenvalue weighted by atomic mass is 32.2. The number of amides is 1. The van der Waals surface area contributed by atoms with Crippen molar-refractivity contribution in [2.45, 2.75) is 32.4 Å². The molecule has 2 rings (SSSR count). The highest BCUT2D eigenvalue weighted by molar-refractivity contribution is 7.92. The average Bonchev–Trinajstić information content (AvgIpc) is 2.70. The number of sulfonamides is 1. The highest BCUT2D eigenvalue weighted by Gasteiger charge is 2.32. The minimum Gasteiger partial charge on any atom is -0.497 e. The number of benzene rings is 2. The van der Waals surface area contributed by atoms with Gasteiger partial charge in [0.15, 0.2) is 0 Å². The second kappa shape index (κ2) is 9.57. The summed E-state index contributed by atoms with van der Waals surface area (Å²) in [6, 6.07) is 10.9. The Morgan fingerprint density at radius 3 is 2.37 bits per heavy atom. The van der Waals surface area contributed by atoms with Crippen LogP contribution >= 0.6 is 0 Å². The van der Waals surface area contributed by atoms with E-state index in [1.165, 1.54) is 18.2 Å². The summed E-state index contributed by atoms with van der Waals surface area (Å²) in [5.74, 6) is 0.176. The zero-order chi connectivity index (χ0) is 22.5. The first kappa shape index (κ1) is 23.1. The third kappa shape index (κ3) is 5.47. The van der Waals surface area contributed by atoms with E-state index in [1.54, 1.807) is 45.2 Å². The van der Waals surface area contributed by atoms with Crippen molar-refractivity contribution in [1.82, 2.24) is 5.32 Å². The highest BCUT2D eigenvalue weighted by Crippen LogP contribution is 2.27. The fraction of sp³-hybridized carbons (Fsp3) is 0.350. The quantitative estimate of drug-likeness (QED) is 0.478. The lowest BCUT2D eigenvalue weighted by Gasteiger charge is -2.31. The van der Waals surface area contributed by atoms with Gasteiger partial charge >= 0.3 is 0 Å². The molecule has 0 aliphatic heterocycles. The van der Waals surface area contributed by atoms with E-state index in [9.17, 15) is 23.3 Å². The summed E-state index contributed by atoms with van der Waals surface area (Å²) in [6.45, 7) is 3.46. The van der Waals surface area contributed by atoms with Crippen LogP contribution in [0.4, 0.5) is 11.4 Å². The molecule has 0 saturated heterocycles. The molecule has 162 valence electrons. The molecule has 2 aromatic carbocycles. The van der Waals surface area contributed by atoms with Crippen molar-refractivity contribution in [2.75, 3.05) is 17.7 Å². The smallest absolute Gasteiger partial charge is 0.271 e. The summed E-state index contributed by atoms with van der Waals surface area (Å²) in [6.07, 6.45) is 1.14. The van der Waals surface area contributed by atoms with Crippen molar-refractivity contribution in [1.29, 1.82) is 0 Å². The van der Waals surface area contributed by atoms with Gasteiger partial charge in [-0.05, 0) is 37.1 Å². The van der Waals surface area contributed by atoms with Gasteiger partial charge in [-0.1, -0.05) is 25.1 Å². The van der Waals surface area contributed by atoms with Crippen LogP contribution < -0.4 is 14.4 Å². The monoisotopic (exact) mass is 435 g/mol. The van der Waals surface area contributed by atoms with Crippen LogP contribution in [0.5, 0.6) is 5.75 Å². The fourth-order valence-corrected chi connectivity index (χ4v) is 4.29. The molecule has 0 heterocycles. The van der Waals surface area contributed by atoms with Crippen LogP contribution in [-0.4, -0.2) is 38.7 Å². The lowest BCUT2D eigenvalue weighted by molar-refractivity contribution is -0.384. The first-order valence-corrected chi connectivity index (χ1v) is 11.1. The van der Waals surface area contributed by atoms with E-state index in [-0.39, 0.29) is 23.8 Å². The van der Waals surface area contributed by atoms with E-state index < -0.39 is 26.9 Å². The number of nitrogens with one attached hydrogen (secondary N) is 1. The number of nitrogens with zero attached hydrogens (tertiary/aromatic N) is 2. The van der Waals surface area contributed by atoms with Gasteiger partial charge in [0.05, 0.1) is 30.0 Å². The Kier molecular flexibility index (Phi) is 7.38. The number of carbonyl (C=O) groups excluding carboxylic acids is 1. The Morgan fingerprint density at radius 1 is 1.23 bits per heavy atom. The number of anilines is 1. The van der Waals surface area contributed by atoms with E-state index in [1.807, 2.05) is 0 Å². The molecule has 0 aliphatic carbocycles. The van der Waals surface area contributed by atoms with Gasteiger partial charge in [-0.15, -0.1) is 0 Å². The number of hydrogen-bond donors (Lipinski definition) is 1. The first-order chi connectivity index (χ1) is 14.1. The Hall–Kier alpha value is -3.14. The molecule has 0 saturated carbocycles. The van der Waals surface area contributed by atoms with E-state index in [4.69, 9.17) is 4.74 Å².